The van der Waals surface area contributed by atoms with E-state index in [1.807, 2.05) is 6.07 Å². The minimum Gasteiger partial charge on any atom is -0.356 e. The number of halogens is 4. The number of alkyl halides is 2. The van der Waals surface area contributed by atoms with Crippen molar-refractivity contribution in [2.24, 2.45) is 5.41 Å². The predicted molar refractivity (Wildman–Crippen MR) is 122 cm³/mol. The van der Waals surface area contributed by atoms with Gasteiger partial charge in [0, 0.05) is 55.5 Å². The van der Waals surface area contributed by atoms with E-state index < -0.39 is 22.6 Å². The molecule has 0 amide bonds. The summed E-state index contributed by atoms with van der Waals surface area (Å²) in [6.07, 6.45) is 4.97. The molecule has 2 fully saturated rings. The van der Waals surface area contributed by atoms with E-state index in [9.17, 15) is 23.6 Å². The zero-order valence-corrected chi connectivity index (χ0v) is 19.0. The van der Waals surface area contributed by atoms with Crippen LogP contribution in [0.1, 0.15) is 12.8 Å². The Kier molecular flexibility index (Phi) is 5.22. The van der Waals surface area contributed by atoms with Gasteiger partial charge < -0.3 is 4.90 Å². The van der Waals surface area contributed by atoms with Crippen molar-refractivity contribution >= 4 is 29.0 Å². The van der Waals surface area contributed by atoms with Gasteiger partial charge in [-0.05, 0) is 12.1 Å². The molecule has 0 radical (unpaired) electrons. The number of pyridine rings is 2. The molecule has 1 saturated heterocycles. The third-order valence-electron chi connectivity index (χ3n) is 6.11. The molecule has 12 heteroatoms. The van der Waals surface area contributed by atoms with Crippen LogP contribution < -0.4 is 16.1 Å². The SMILES string of the molecule is N#CCn1c(N2CC3(C2)CC(F)(F)C3)c(-c2cncc(Cl)c2)c(=O)n(-c2cncc(Cl)c2)c1=O. The maximum absolute atomic E-state index is 13.8. The summed E-state index contributed by atoms with van der Waals surface area (Å²) in [5.41, 5.74) is -1.53. The molecule has 3 aromatic heterocycles. The highest BCUT2D eigenvalue weighted by atomic mass is 35.5. The predicted octanol–water partition coefficient (Wildman–Crippen LogP) is 3.52. The summed E-state index contributed by atoms with van der Waals surface area (Å²) in [7, 11) is 0. The van der Waals surface area contributed by atoms with E-state index in [4.69, 9.17) is 23.2 Å². The van der Waals surface area contributed by atoms with E-state index in [0.717, 1.165) is 9.13 Å². The van der Waals surface area contributed by atoms with Gasteiger partial charge in [-0.15, -0.1) is 0 Å². The highest BCUT2D eigenvalue weighted by molar-refractivity contribution is 6.31. The molecule has 1 aliphatic carbocycles. The van der Waals surface area contributed by atoms with Crippen molar-refractivity contribution in [2.75, 3.05) is 18.0 Å². The molecule has 1 spiro atoms. The average molecular weight is 505 g/mol. The van der Waals surface area contributed by atoms with Crippen LogP contribution in [0, 0.1) is 16.7 Å². The maximum atomic E-state index is 13.8. The van der Waals surface area contributed by atoms with Crippen molar-refractivity contribution in [1.29, 1.82) is 5.26 Å². The van der Waals surface area contributed by atoms with E-state index in [-0.39, 0.29) is 59.6 Å². The third-order valence-corrected chi connectivity index (χ3v) is 6.52. The van der Waals surface area contributed by atoms with Gasteiger partial charge in [0.1, 0.15) is 12.4 Å². The number of hydrogen-bond acceptors (Lipinski definition) is 6. The van der Waals surface area contributed by atoms with Crippen LogP contribution >= 0.6 is 23.2 Å². The molecule has 0 unspecified atom stereocenters. The minimum atomic E-state index is -2.71. The van der Waals surface area contributed by atoms with E-state index in [0.29, 0.717) is 5.56 Å². The van der Waals surface area contributed by atoms with Gasteiger partial charge in [0.05, 0.1) is 33.6 Å². The normalized spacial score (nSPS) is 17.7. The van der Waals surface area contributed by atoms with Gasteiger partial charge in [-0.1, -0.05) is 23.2 Å². The second-order valence-corrected chi connectivity index (χ2v) is 9.56. The summed E-state index contributed by atoms with van der Waals surface area (Å²) in [5, 5.41) is 9.94. The Morgan fingerprint density at radius 1 is 1.03 bits per heavy atom. The smallest absolute Gasteiger partial charge is 0.338 e. The number of aromatic nitrogens is 4. The highest BCUT2D eigenvalue weighted by Crippen LogP contribution is 2.57. The summed E-state index contributed by atoms with van der Waals surface area (Å²) in [5.74, 6) is -2.53. The summed E-state index contributed by atoms with van der Waals surface area (Å²) in [4.78, 5) is 36.9. The first-order valence-electron chi connectivity index (χ1n) is 10.2. The average Bonchev–Trinajstić information content (AvgIpc) is 2.72. The number of hydrogen-bond donors (Lipinski definition) is 0. The molecule has 5 rings (SSSR count). The third kappa shape index (κ3) is 3.65. The van der Waals surface area contributed by atoms with E-state index in [1.54, 1.807) is 4.90 Å². The van der Waals surface area contributed by atoms with Crippen molar-refractivity contribution in [3.05, 3.63) is 67.8 Å². The highest BCUT2D eigenvalue weighted by Gasteiger charge is 2.62. The number of nitrogens with zero attached hydrogens (tertiary/aromatic N) is 6. The van der Waals surface area contributed by atoms with Gasteiger partial charge >= 0.3 is 5.69 Å². The van der Waals surface area contributed by atoms with Crippen LogP contribution in [0.4, 0.5) is 14.6 Å². The molecule has 4 heterocycles. The second kappa shape index (κ2) is 7.89. The van der Waals surface area contributed by atoms with Gasteiger partial charge in [0.2, 0.25) is 5.92 Å². The van der Waals surface area contributed by atoms with E-state index in [1.165, 1.54) is 36.9 Å². The zero-order chi connectivity index (χ0) is 24.3. The Balaban J connectivity index is 1.76. The van der Waals surface area contributed by atoms with Gasteiger partial charge in [0.25, 0.3) is 5.56 Å². The first kappa shape index (κ1) is 22.5. The number of anilines is 1. The molecule has 0 bridgehead atoms. The van der Waals surface area contributed by atoms with Gasteiger partial charge in [-0.3, -0.25) is 19.3 Å². The lowest BCUT2D eigenvalue weighted by atomic mass is 9.61. The molecule has 0 aromatic carbocycles. The zero-order valence-electron chi connectivity index (χ0n) is 17.5. The van der Waals surface area contributed by atoms with Crippen LogP contribution in [0.15, 0.2) is 46.5 Å². The summed E-state index contributed by atoms with van der Waals surface area (Å²) in [6, 6.07) is 4.87. The largest absolute Gasteiger partial charge is 0.356 e. The number of rotatable bonds is 4. The quantitative estimate of drug-likeness (QED) is 0.539. The van der Waals surface area contributed by atoms with Crippen molar-refractivity contribution in [1.82, 2.24) is 19.1 Å². The molecule has 8 nitrogen and oxygen atoms in total. The standard InChI is InChI=1S/C22H16Cl2F2N6O2/c23-14-3-13(5-28-6-14)17-18(30-11-21(12-30)9-22(25,26)10-21)31(2-1-27)20(34)32(19(17)33)16-4-15(24)7-29-8-16/h3-8H,2,9-12H2. The molecule has 3 aromatic rings. The Morgan fingerprint density at radius 2 is 1.68 bits per heavy atom. The van der Waals surface area contributed by atoms with Crippen molar-refractivity contribution in [3.63, 3.8) is 0 Å². The Bertz CT molecular complexity index is 1460. The summed E-state index contributed by atoms with van der Waals surface area (Å²) >= 11 is 12.2. The molecule has 2 aliphatic rings. The molecular weight excluding hydrogens is 489 g/mol. The Morgan fingerprint density at radius 3 is 2.26 bits per heavy atom. The summed E-state index contributed by atoms with van der Waals surface area (Å²) < 4.78 is 29.2. The van der Waals surface area contributed by atoms with Crippen LogP contribution in [0.3, 0.4) is 0 Å². The maximum Gasteiger partial charge on any atom is 0.338 e. The Hall–Kier alpha value is -3.29. The lowest BCUT2D eigenvalue weighted by Crippen LogP contribution is -2.67. The van der Waals surface area contributed by atoms with Crippen LogP contribution in [0.25, 0.3) is 16.8 Å². The molecule has 34 heavy (non-hydrogen) atoms. The lowest BCUT2D eigenvalue weighted by molar-refractivity contribution is -0.170. The van der Waals surface area contributed by atoms with E-state index in [2.05, 4.69) is 9.97 Å². The summed E-state index contributed by atoms with van der Waals surface area (Å²) in [6.45, 7) is 0.0936. The van der Waals surface area contributed by atoms with E-state index >= 15 is 0 Å². The first-order chi connectivity index (χ1) is 16.1. The van der Waals surface area contributed by atoms with Gasteiger partial charge in [-0.2, -0.15) is 5.26 Å². The van der Waals surface area contributed by atoms with Crippen LogP contribution in [-0.2, 0) is 6.54 Å². The first-order valence-corrected chi connectivity index (χ1v) is 11.0. The fourth-order valence-corrected chi connectivity index (χ4v) is 5.26. The van der Waals surface area contributed by atoms with Crippen molar-refractivity contribution in [3.8, 4) is 22.9 Å². The Labute approximate surface area is 201 Å². The molecule has 174 valence electrons. The van der Waals surface area contributed by atoms with Crippen LogP contribution in [0.2, 0.25) is 10.0 Å². The monoisotopic (exact) mass is 504 g/mol. The van der Waals surface area contributed by atoms with Crippen LogP contribution in [-0.4, -0.2) is 38.1 Å². The van der Waals surface area contributed by atoms with Crippen molar-refractivity contribution < 1.29 is 8.78 Å². The second-order valence-electron chi connectivity index (χ2n) is 8.68. The molecule has 0 atom stereocenters. The fraction of sp³-hybridized carbons (Fsp3) is 0.318. The number of nitriles is 1. The molecule has 0 N–H and O–H groups in total. The van der Waals surface area contributed by atoms with Crippen LogP contribution in [0.5, 0.6) is 0 Å². The van der Waals surface area contributed by atoms with Crippen molar-refractivity contribution in [2.45, 2.75) is 25.3 Å². The topological polar surface area (TPSA) is 96.8 Å². The fourth-order valence-electron chi connectivity index (χ4n) is 4.92. The lowest BCUT2D eigenvalue weighted by Gasteiger charge is -2.59. The minimum absolute atomic E-state index is 0.0748. The molecular formula is C22H16Cl2F2N6O2. The molecule has 1 aliphatic heterocycles. The van der Waals surface area contributed by atoms with Gasteiger partial charge in [-0.25, -0.2) is 18.1 Å². The molecule has 1 saturated carbocycles. The van der Waals surface area contributed by atoms with Gasteiger partial charge in [0.15, 0.2) is 0 Å².